The minimum atomic E-state index is -0.0145. The molecule has 0 saturated heterocycles. The van der Waals surface area contributed by atoms with E-state index in [1.165, 1.54) is 0 Å². The first kappa shape index (κ1) is 10.9. The molecule has 0 aliphatic rings. The summed E-state index contributed by atoms with van der Waals surface area (Å²) in [5.74, 6) is -0.0145. The van der Waals surface area contributed by atoms with E-state index in [-0.39, 0.29) is 5.84 Å². The van der Waals surface area contributed by atoms with Crippen molar-refractivity contribution in [1.29, 1.82) is 5.41 Å². The highest BCUT2D eigenvalue weighted by molar-refractivity contribution is 6.31. The fourth-order valence-electron chi connectivity index (χ4n) is 1.76. The Morgan fingerprint density at radius 2 is 1.94 bits per heavy atom. The van der Waals surface area contributed by atoms with Gasteiger partial charge in [0, 0.05) is 10.4 Å². The molecule has 4 heteroatoms. The lowest BCUT2D eigenvalue weighted by molar-refractivity contribution is 1.27. The second-order valence-electron chi connectivity index (χ2n) is 3.86. The normalized spacial score (nSPS) is 10.7. The van der Waals surface area contributed by atoms with Crippen LogP contribution in [-0.2, 0) is 0 Å². The Hall–Kier alpha value is -1.61. The fourth-order valence-corrected chi connectivity index (χ4v) is 2.03. The lowest BCUT2D eigenvalue weighted by Gasteiger charge is -2.08. The van der Waals surface area contributed by atoms with Crippen LogP contribution in [0.15, 0.2) is 18.2 Å². The van der Waals surface area contributed by atoms with E-state index in [9.17, 15) is 0 Å². The summed E-state index contributed by atoms with van der Waals surface area (Å²) in [5.41, 5.74) is 8.84. The number of nitrogens with zero attached hydrogens (tertiary/aromatic N) is 1. The van der Waals surface area contributed by atoms with Crippen LogP contribution in [-0.4, -0.2) is 10.8 Å². The standard InChI is InChI=1S/C12H12ClN3/c1-6-4-10(12(14)15)16-11-7(2)3-8(13)5-9(6)11/h3-5H,1-2H3,(H3,14,15). The van der Waals surface area contributed by atoms with Crippen LogP contribution in [0.5, 0.6) is 0 Å². The number of aromatic nitrogens is 1. The van der Waals surface area contributed by atoms with E-state index in [1.54, 1.807) is 6.07 Å². The molecule has 0 radical (unpaired) electrons. The summed E-state index contributed by atoms with van der Waals surface area (Å²) in [7, 11) is 0. The average Bonchev–Trinajstić information content (AvgIpc) is 2.19. The number of benzene rings is 1. The first-order valence-corrected chi connectivity index (χ1v) is 5.28. The van der Waals surface area contributed by atoms with E-state index in [1.807, 2.05) is 26.0 Å². The monoisotopic (exact) mass is 233 g/mol. The number of amidine groups is 1. The summed E-state index contributed by atoms with van der Waals surface area (Å²) in [4.78, 5) is 4.37. The summed E-state index contributed by atoms with van der Waals surface area (Å²) < 4.78 is 0. The van der Waals surface area contributed by atoms with Gasteiger partial charge in [-0.2, -0.15) is 0 Å². The van der Waals surface area contributed by atoms with Crippen LogP contribution in [0, 0.1) is 19.3 Å². The Balaban J connectivity index is 2.87. The van der Waals surface area contributed by atoms with Crippen molar-refractivity contribution < 1.29 is 0 Å². The average molecular weight is 234 g/mol. The van der Waals surface area contributed by atoms with Gasteiger partial charge in [0.25, 0.3) is 0 Å². The molecule has 0 atom stereocenters. The third-order valence-electron chi connectivity index (χ3n) is 2.55. The lowest BCUT2D eigenvalue weighted by Crippen LogP contribution is -2.13. The Labute approximate surface area is 98.8 Å². The molecule has 0 aliphatic heterocycles. The molecular weight excluding hydrogens is 222 g/mol. The molecule has 82 valence electrons. The SMILES string of the molecule is Cc1cc(C(=N)N)nc2c(C)cc(Cl)cc12. The number of rotatable bonds is 1. The van der Waals surface area contributed by atoms with Crippen LogP contribution in [0.25, 0.3) is 10.9 Å². The van der Waals surface area contributed by atoms with Gasteiger partial charge in [-0.1, -0.05) is 11.6 Å². The van der Waals surface area contributed by atoms with Crippen molar-refractivity contribution in [3.63, 3.8) is 0 Å². The van der Waals surface area contributed by atoms with Gasteiger partial charge in [-0.15, -0.1) is 0 Å². The van der Waals surface area contributed by atoms with E-state index in [0.717, 1.165) is 22.0 Å². The van der Waals surface area contributed by atoms with Crippen molar-refractivity contribution in [2.75, 3.05) is 0 Å². The van der Waals surface area contributed by atoms with Gasteiger partial charge in [-0.3, -0.25) is 5.41 Å². The quantitative estimate of drug-likeness (QED) is 0.588. The predicted octanol–water partition coefficient (Wildman–Crippen LogP) is 2.79. The molecule has 0 bridgehead atoms. The molecule has 1 aromatic carbocycles. The predicted molar refractivity (Wildman–Crippen MR) is 67.2 cm³/mol. The summed E-state index contributed by atoms with van der Waals surface area (Å²) in [6.07, 6.45) is 0. The molecule has 2 rings (SSSR count). The van der Waals surface area contributed by atoms with Gasteiger partial charge < -0.3 is 5.73 Å². The highest BCUT2D eigenvalue weighted by Gasteiger charge is 2.07. The minimum Gasteiger partial charge on any atom is -0.382 e. The van der Waals surface area contributed by atoms with E-state index in [0.29, 0.717) is 10.7 Å². The van der Waals surface area contributed by atoms with Crippen LogP contribution in [0.4, 0.5) is 0 Å². The van der Waals surface area contributed by atoms with Crippen molar-refractivity contribution >= 4 is 28.3 Å². The largest absolute Gasteiger partial charge is 0.382 e. The van der Waals surface area contributed by atoms with Gasteiger partial charge in [0.1, 0.15) is 11.5 Å². The van der Waals surface area contributed by atoms with Gasteiger partial charge in [-0.05, 0) is 43.2 Å². The molecule has 0 aliphatic carbocycles. The number of fused-ring (bicyclic) bond motifs is 1. The van der Waals surface area contributed by atoms with Gasteiger partial charge in [0.05, 0.1) is 5.52 Å². The molecule has 3 N–H and O–H groups in total. The van der Waals surface area contributed by atoms with Crippen LogP contribution in [0.2, 0.25) is 5.02 Å². The van der Waals surface area contributed by atoms with Gasteiger partial charge >= 0.3 is 0 Å². The second kappa shape index (κ2) is 3.76. The Morgan fingerprint density at radius 1 is 1.25 bits per heavy atom. The molecule has 0 unspecified atom stereocenters. The van der Waals surface area contributed by atoms with Gasteiger partial charge in [0.15, 0.2) is 0 Å². The lowest BCUT2D eigenvalue weighted by atomic mass is 10.1. The van der Waals surface area contributed by atoms with Gasteiger partial charge in [0.2, 0.25) is 0 Å². The molecule has 16 heavy (non-hydrogen) atoms. The second-order valence-corrected chi connectivity index (χ2v) is 4.29. The Kier molecular flexibility index (Phi) is 2.56. The molecular formula is C12H12ClN3. The van der Waals surface area contributed by atoms with Crippen LogP contribution >= 0.6 is 11.6 Å². The van der Waals surface area contributed by atoms with E-state index < -0.39 is 0 Å². The summed E-state index contributed by atoms with van der Waals surface area (Å²) in [6.45, 7) is 3.91. The maximum atomic E-state index is 7.41. The number of pyridine rings is 1. The van der Waals surface area contributed by atoms with Crippen molar-refractivity contribution in [3.8, 4) is 0 Å². The zero-order chi connectivity index (χ0) is 11.9. The Morgan fingerprint density at radius 3 is 2.56 bits per heavy atom. The maximum Gasteiger partial charge on any atom is 0.141 e. The number of nitrogens with one attached hydrogen (secondary N) is 1. The highest BCUT2D eigenvalue weighted by Crippen LogP contribution is 2.25. The summed E-state index contributed by atoms with van der Waals surface area (Å²) >= 11 is 6.00. The molecule has 3 nitrogen and oxygen atoms in total. The van der Waals surface area contributed by atoms with E-state index in [4.69, 9.17) is 22.7 Å². The minimum absolute atomic E-state index is 0.0145. The number of hydrogen-bond donors (Lipinski definition) is 2. The molecule has 0 spiro atoms. The molecule has 1 aromatic heterocycles. The third-order valence-corrected chi connectivity index (χ3v) is 2.77. The molecule has 2 aromatic rings. The fraction of sp³-hybridized carbons (Fsp3) is 0.167. The highest BCUT2D eigenvalue weighted by atomic mass is 35.5. The van der Waals surface area contributed by atoms with Gasteiger partial charge in [-0.25, -0.2) is 4.98 Å². The van der Waals surface area contributed by atoms with Crippen LogP contribution < -0.4 is 5.73 Å². The molecule has 0 saturated carbocycles. The topological polar surface area (TPSA) is 62.8 Å². The number of nitrogen functional groups attached to an aromatic ring is 1. The van der Waals surface area contributed by atoms with Crippen LogP contribution in [0.1, 0.15) is 16.8 Å². The van der Waals surface area contributed by atoms with Crippen LogP contribution in [0.3, 0.4) is 0 Å². The smallest absolute Gasteiger partial charge is 0.141 e. The Bertz CT molecular complexity index is 590. The summed E-state index contributed by atoms with van der Waals surface area (Å²) in [5, 5.41) is 9.12. The third kappa shape index (κ3) is 1.74. The number of halogens is 1. The zero-order valence-electron chi connectivity index (χ0n) is 9.13. The molecule has 0 amide bonds. The number of aryl methyl sites for hydroxylation is 2. The number of hydrogen-bond acceptors (Lipinski definition) is 2. The first-order chi connectivity index (χ1) is 7.49. The first-order valence-electron chi connectivity index (χ1n) is 4.91. The van der Waals surface area contributed by atoms with E-state index in [2.05, 4.69) is 4.98 Å². The molecule has 1 heterocycles. The van der Waals surface area contributed by atoms with Crippen molar-refractivity contribution in [2.45, 2.75) is 13.8 Å². The zero-order valence-corrected chi connectivity index (χ0v) is 9.89. The summed E-state index contributed by atoms with van der Waals surface area (Å²) in [6, 6.07) is 5.55. The van der Waals surface area contributed by atoms with E-state index >= 15 is 0 Å². The van der Waals surface area contributed by atoms with Crippen molar-refractivity contribution in [3.05, 3.63) is 40.0 Å². The van der Waals surface area contributed by atoms with Crippen molar-refractivity contribution in [2.24, 2.45) is 5.73 Å². The molecule has 0 fully saturated rings. The maximum absolute atomic E-state index is 7.41. The number of nitrogens with two attached hydrogens (primary N) is 1. The van der Waals surface area contributed by atoms with Crippen molar-refractivity contribution in [1.82, 2.24) is 4.98 Å².